The number of likely N-dealkylation sites (tertiary alicyclic amines) is 2. The van der Waals surface area contributed by atoms with E-state index in [-0.39, 0.29) is 36.2 Å². The fourth-order valence-electron chi connectivity index (χ4n) is 6.14. The molecule has 46 heavy (non-hydrogen) atoms. The Morgan fingerprint density at radius 3 is 2.17 bits per heavy atom. The molecule has 0 unspecified atom stereocenters. The van der Waals surface area contributed by atoms with E-state index in [1.165, 1.54) is 24.4 Å². The van der Waals surface area contributed by atoms with Crippen molar-refractivity contribution in [3.63, 3.8) is 0 Å². The number of hydrogen-bond acceptors (Lipinski definition) is 7. The van der Waals surface area contributed by atoms with E-state index in [4.69, 9.17) is 4.74 Å². The van der Waals surface area contributed by atoms with Gasteiger partial charge in [-0.1, -0.05) is 6.92 Å². The summed E-state index contributed by atoms with van der Waals surface area (Å²) in [7, 11) is 2.98. The number of ether oxygens (including phenoxy) is 1. The van der Waals surface area contributed by atoms with Crippen LogP contribution >= 0.6 is 0 Å². The van der Waals surface area contributed by atoms with Gasteiger partial charge in [0.2, 0.25) is 5.95 Å². The first-order chi connectivity index (χ1) is 21.7. The SMILES string of the molecule is CC[C@@H]1C[C@H](N(Cc2cc(C(F)(F)F)cc(C(F)(F)F)c2)c2ncc(-c3cnn(C)c3)cn2)CN1C(=O)N1CCC[C@H]1C(=O)OC. The molecule has 0 spiro atoms. The molecule has 4 heterocycles. The van der Waals surface area contributed by atoms with Gasteiger partial charge in [0.25, 0.3) is 0 Å². The Balaban J connectivity index is 1.51. The van der Waals surface area contributed by atoms with Crippen molar-refractivity contribution in [2.45, 2.75) is 69.6 Å². The smallest absolute Gasteiger partial charge is 0.416 e. The molecule has 16 heteroatoms. The zero-order valence-electron chi connectivity index (χ0n) is 25.3. The average molecular weight is 654 g/mol. The number of benzene rings is 1. The van der Waals surface area contributed by atoms with Crippen molar-refractivity contribution < 1.29 is 40.7 Å². The van der Waals surface area contributed by atoms with Crippen LogP contribution in [-0.2, 0) is 35.5 Å². The molecule has 3 aromatic rings. The van der Waals surface area contributed by atoms with E-state index in [2.05, 4.69) is 15.1 Å². The fourth-order valence-corrected chi connectivity index (χ4v) is 6.14. The molecule has 2 fully saturated rings. The van der Waals surface area contributed by atoms with E-state index in [1.54, 1.807) is 33.9 Å². The molecule has 0 aliphatic carbocycles. The maximum Gasteiger partial charge on any atom is 0.416 e. The number of amides is 2. The third kappa shape index (κ3) is 6.89. The molecule has 2 aromatic heterocycles. The molecule has 10 nitrogen and oxygen atoms in total. The van der Waals surface area contributed by atoms with Crippen LogP contribution in [0.3, 0.4) is 0 Å². The average Bonchev–Trinajstić information content (AvgIpc) is 3.78. The van der Waals surface area contributed by atoms with Gasteiger partial charge in [0.15, 0.2) is 0 Å². The van der Waals surface area contributed by atoms with Crippen LogP contribution in [0.4, 0.5) is 37.1 Å². The van der Waals surface area contributed by atoms with Gasteiger partial charge in [0, 0.05) is 62.4 Å². The van der Waals surface area contributed by atoms with Gasteiger partial charge < -0.3 is 19.4 Å². The van der Waals surface area contributed by atoms with Gasteiger partial charge in [-0.25, -0.2) is 19.6 Å². The van der Waals surface area contributed by atoms with Gasteiger partial charge in [-0.15, -0.1) is 0 Å². The summed E-state index contributed by atoms with van der Waals surface area (Å²) in [5.41, 5.74) is -1.79. The van der Waals surface area contributed by atoms with E-state index in [9.17, 15) is 35.9 Å². The maximum absolute atomic E-state index is 13.8. The normalized spacial score (nSPS) is 20.3. The third-order valence-electron chi connectivity index (χ3n) is 8.46. The summed E-state index contributed by atoms with van der Waals surface area (Å²) in [6.45, 7) is 1.92. The highest BCUT2D eigenvalue weighted by Crippen LogP contribution is 2.38. The number of nitrogens with zero attached hydrogens (tertiary/aromatic N) is 7. The predicted octanol–water partition coefficient (Wildman–Crippen LogP) is 5.53. The second-order valence-corrected chi connectivity index (χ2v) is 11.5. The van der Waals surface area contributed by atoms with E-state index >= 15 is 0 Å². The summed E-state index contributed by atoms with van der Waals surface area (Å²) in [6, 6.07) is -0.543. The van der Waals surface area contributed by atoms with Crippen LogP contribution in [0.25, 0.3) is 11.1 Å². The highest BCUT2D eigenvalue weighted by molar-refractivity contribution is 5.84. The first-order valence-corrected chi connectivity index (χ1v) is 14.7. The number of methoxy groups -OCH3 is 1. The van der Waals surface area contributed by atoms with Gasteiger partial charge in [-0.2, -0.15) is 31.4 Å². The summed E-state index contributed by atoms with van der Waals surface area (Å²) >= 11 is 0. The van der Waals surface area contributed by atoms with Crippen molar-refractivity contribution in [3.05, 3.63) is 59.7 Å². The zero-order chi connectivity index (χ0) is 33.4. The molecular weight excluding hydrogens is 620 g/mol. The molecular formula is C30H33F6N7O3. The summed E-state index contributed by atoms with van der Waals surface area (Å²) in [5, 5.41) is 4.12. The van der Waals surface area contributed by atoms with Crippen molar-refractivity contribution in [2.24, 2.45) is 7.05 Å². The Labute approximate surface area is 260 Å². The number of esters is 1. The molecule has 1 aromatic carbocycles. The second kappa shape index (κ2) is 12.8. The molecule has 248 valence electrons. The Morgan fingerprint density at radius 1 is 0.978 bits per heavy atom. The molecule has 0 radical (unpaired) electrons. The third-order valence-corrected chi connectivity index (χ3v) is 8.46. The van der Waals surface area contributed by atoms with E-state index in [1.807, 2.05) is 6.92 Å². The topological polar surface area (TPSA) is 96.7 Å². The minimum absolute atomic E-state index is 0.0707. The van der Waals surface area contributed by atoms with Gasteiger partial charge in [-0.05, 0) is 49.4 Å². The van der Waals surface area contributed by atoms with Crippen LogP contribution in [0.1, 0.15) is 49.3 Å². The Morgan fingerprint density at radius 2 is 1.63 bits per heavy atom. The summed E-state index contributed by atoms with van der Waals surface area (Å²) < 4.78 is 88.7. The maximum atomic E-state index is 13.8. The van der Waals surface area contributed by atoms with Gasteiger partial charge >= 0.3 is 24.4 Å². The molecule has 0 saturated carbocycles. The number of aromatic nitrogens is 4. The lowest BCUT2D eigenvalue weighted by Gasteiger charge is -2.32. The lowest BCUT2D eigenvalue weighted by atomic mass is 10.0. The highest BCUT2D eigenvalue weighted by atomic mass is 19.4. The summed E-state index contributed by atoms with van der Waals surface area (Å²) in [4.78, 5) is 39.6. The minimum atomic E-state index is -5.02. The van der Waals surface area contributed by atoms with Crippen LogP contribution in [-0.4, -0.2) is 79.9 Å². The number of rotatable bonds is 7. The molecule has 0 N–H and O–H groups in total. The number of aryl methyl sites for hydroxylation is 1. The molecule has 3 atom stereocenters. The molecule has 2 aliphatic heterocycles. The molecule has 0 bridgehead atoms. The van der Waals surface area contributed by atoms with Crippen molar-refractivity contribution in [1.82, 2.24) is 29.5 Å². The standard InChI is InChI=1S/C30H33F6N7O3/c1-4-23-11-24(17-43(23)28(45)41-7-5-6-25(41)26(44)46-3)42(27-37-12-19(13-38-27)20-14-39-40(2)16-20)15-18-8-21(29(31,32)33)10-22(9-18)30(34,35)36/h8-10,12-14,16,23-25H,4-7,11,15,17H2,1-3H3/t23-,24+,25+/m1/s1. The van der Waals surface area contributed by atoms with Gasteiger partial charge in [0.05, 0.1) is 30.5 Å². The van der Waals surface area contributed by atoms with Crippen LogP contribution in [0.5, 0.6) is 0 Å². The second-order valence-electron chi connectivity index (χ2n) is 11.5. The quantitative estimate of drug-likeness (QED) is 0.244. The number of urea groups is 1. The van der Waals surface area contributed by atoms with Crippen molar-refractivity contribution in [1.29, 1.82) is 0 Å². The first-order valence-electron chi connectivity index (χ1n) is 14.7. The number of halogens is 6. The lowest BCUT2D eigenvalue weighted by molar-refractivity contribution is -0.145. The van der Waals surface area contributed by atoms with Crippen molar-refractivity contribution >= 4 is 17.9 Å². The molecule has 5 rings (SSSR count). The van der Waals surface area contributed by atoms with Crippen molar-refractivity contribution in [3.8, 4) is 11.1 Å². The molecule has 2 aliphatic rings. The first kappa shape index (κ1) is 33.0. The van der Waals surface area contributed by atoms with E-state index in [0.29, 0.717) is 55.5 Å². The largest absolute Gasteiger partial charge is 0.467 e. The van der Waals surface area contributed by atoms with E-state index in [0.717, 1.165) is 0 Å². The molecule has 2 saturated heterocycles. The van der Waals surface area contributed by atoms with Crippen molar-refractivity contribution in [2.75, 3.05) is 25.1 Å². The van der Waals surface area contributed by atoms with Gasteiger partial charge in [0.1, 0.15) is 6.04 Å². The van der Waals surface area contributed by atoms with Crippen LogP contribution < -0.4 is 4.90 Å². The number of carbonyl (C=O) groups is 2. The number of hydrogen-bond donors (Lipinski definition) is 0. The molecule has 2 amide bonds. The lowest BCUT2D eigenvalue weighted by Crippen LogP contribution is -2.50. The monoisotopic (exact) mass is 653 g/mol. The number of alkyl halides is 6. The number of anilines is 1. The van der Waals surface area contributed by atoms with Crippen LogP contribution in [0.2, 0.25) is 0 Å². The van der Waals surface area contributed by atoms with Crippen LogP contribution in [0.15, 0.2) is 43.0 Å². The fraction of sp³-hybridized carbons (Fsp3) is 0.500. The number of carbonyl (C=O) groups excluding carboxylic acids is 2. The summed E-state index contributed by atoms with van der Waals surface area (Å²) in [5.74, 6) is -0.454. The Kier molecular flexibility index (Phi) is 9.18. The Bertz CT molecular complexity index is 1530. The van der Waals surface area contributed by atoms with Crippen LogP contribution in [0, 0.1) is 0 Å². The van der Waals surface area contributed by atoms with Gasteiger partial charge in [-0.3, -0.25) is 4.68 Å². The minimum Gasteiger partial charge on any atom is -0.467 e. The van der Waals surface area contributed by atoms with E-state index < -0.39 is 48.1 Å². The highest BCUT2D eigenvalue weighted by Gasteiger charge is 2.44. The summed E-state index contributed by atoms with van der Waals surface area (Å²) in [6.07, 6.45) is -1.76. The Hall–Kier alpha value is -4.37. The zero-order valence-corrected chi connectivity index (χ0v) is 25.3. The predicted molar refractivity (Wildman–Crippen MR) is 153 cm³/mol.